The molecule has 1 amide bonds. The van der Waals surface area contributed by atoms with Gasteiger partial charge in [-0.05, 0) is 30.2 Å². The van der Waals surface area contributed by atoms with Crippen LogP contribution in [0.4, 0.5) is 0 Å². The van der Waals surface area contributed by atoms with Crippen molar-refractivity contribution < 1.29 is 9.32 Å². The van der Waals surface area contributed by atoms with Gasteiger partial charge in [-0.25, -0.2) is 0 Å². The molecule has 1 saturated heterocycles. The molecule has 0 spiro atoms. The van der Waals surface area contributed by atoms with E-state index in [9.17, 15) is 4.79 Å². The molecule has 0 N–H and O–H groups in total. The Labute approximate surface area is 184 Å². The Kier molecular flexibility index (Phi) is 6.40. The topological polar surface area (TPSA) is 62.5 Å². The number of hydrogen-bond donors (Lipinski definition) is 0. The second-order valence-corrected chi connectivity index (χ2v) is 8.14. The van der Waals surface area contributed by atoms with Crippen molar-refractivity contribution in [2.24, 2.45) is 0 Å². The minimum Gasteiger partial charge on any atom is -0.338 e. The van der Waals surface area contributed by atoms with Crippen LogP contribution in [-0.2, 0) is 11.3 Å². The molecule has 0 aliphatic carbocycles. The summed E-state index contributed by atoms with van der Waals surface area (Å²) in [6, 6.07) is 15.8. The number of carbonyl (C=O) groups is 1. The third-order valence-electron chi connectivity index (χ3n) is 5.21. The van der Waals surface area contributed by atoms with E-state index in [0.29, 0.717) is 31.3 Å². The van der Waals surface area contributed by atoms with Crippen LogP contribution in [0.3, 0.4) is 0 Å². The SMILES string of the molecule is Cc1ccccc1-c1noc(CN2CCN(C(=O)/C=C/c3ccccc3Br)CC2)n1. The lowest BCUT2D eigenvalue weighted by Crippen LogP contribution is -2.47. The van der Waals surface area contributed by atoms with E-state index in [-0.39, 0.29) is 5.91 Å². The van der Waals surface area contributed by atoms with Crippen molar-refractivity contribution in [3.05, 3.63) is 76.1 Å². The number of halogens is 1. The summed E-state index contributed by atoms with van der Waals surface area (Å²) in [4.78, 5) is 21.2. The molecule has 0 unspecified atom stereocenters. The van der Waals surface area contributed by atoms with E-state index in [1.54, 1.807) is 6.08 Å². The molecule has 154 valence electrons. The van der Waals surface area contributed by atoms with Crippen LogP contribution >= 0.6 is 15.9 Å². The number of aryl methyl sites for hydroxylation is 1. The van der Waals surface area contributed by atoms with E-state index in [4.69, 9.17) is 4.52 Å². The van der Waals surface area contributed by atoms with Gasteiger partial charge in [-0.15, -0.1) is 0 Å². The second-order valence-electron chi connectivity index (χ2n) is 7.28. The van der Waals surface area contributed by atoms with Crippen molar-refractivity contribution in [1.29, 1.82) is 0 Å². The van der Waals surface area contributed by atoms with Crippen LogP contribution in [0.1, 0.15) is 17.0 Å². The minimum atomic E-state index is 0.0324. The van der Waals surface area contributed by atoms with Crippen LogP contribution in [0, 0.1) is 6.92 Å². The maximum absolute atomic E-state index is 12.5. The fourth-order valence-corrected chi connectivity index (χ4v) is 3.86. The number of hydrogen-bond acceptors (Lipinski definition) is 5. The Balaban J connectivity index is 1.30. The lowest BCUT2D eigenvalue weighted by molar-refractivity contribution is -0.127. The van der Waals surface area contributed by atoms with E-state index >= 15 is 0 Å². The van der Waals surface area contributed by atoms with E-state index in [2.05, 4.69) is 31.0 Å². The maximum atomic E-state index is 12.5. The van der Waals surface area contributed by atoms with Gasteiger partial charge in [-0.1, -0.05) is 63.6 Å². The summed E-state index contributed by atoms with van der Waals surface area (Å²) in [5.41, 5.74) is 3.10. The molecule has 2 aromatic carbocycles. The Morgan fingerprint density at radius 3 is 2.60 bits per heavy atom. The van der Waals surface area contributed by atoms with Gasteiger partial charge < -0.3 is 9.42 Å². The molecule has 1 fully saturated rings. The van der Waals surface area contributed by atoms with Gasteiger partial charge >= 0.3 is 0 Å². The standard InChI is InChI=1S/C23H23BrN4O2/c1-17-6-2-4-8-19(17)23-25-21(30-26-23)16-27-12-14-28(15-13-27)22(29)11-10-18-7-3-5-9-20(18)24/h2-11H,12-16H2,1H3/b11-10+. The van der Waals surface area contributed by atoms with Crippen molar-refractivity contribution in [2.75, 3.05) is 26.2 Å². The van der Waals surface area contributed by atoms with Gasteiger partial charge in [-0.2, -0.15) is 4.98 Å². The highest BCUT2D eigenvalue weighted by Gasteiger charge is 2.21. The van der Waals surface area contributed by atoms with Gasteiger partial charge in [0.1, 0.15) is 0 Å². The van der Waals surface area contributed by atoms with Crippen LogP contribution in [0.5, 0.6) is 0 Å². The molecule has 0 atom stereocenters. The lowest BCUT2D eigenvalue weighted by atomic mass is 10.1. The Morgan fingerprint density at radius 1 is 1.10 bits per heavy atom. The van der Waals surface area contributed by atoms with Crippen LogP contribution in [0.15, 0.2) is 63.6 Å². The molecule has 2 heterocycles. The number of rotatable bonds is 5. The average Bonchev–Trinajstić information content (AvgIpc) is 3.22. The summed E-state index contributed by atoms with van der Waals surface area (Å²) in [6.45, 7) is 5.53. The first-order valence-electron chi connectivity index (χ1n) is 9.92. The van der Waals surface area contributed by atoms with Gasteiger partial charge in [0.2, 0.25) is 17.6 Å². The Morgan fingerprint density at radius 2 is 1.83 bits per heavy atom. The summed E-state index contributed by atoms with van der Waals surface area (Å²) < 4.78 is 6.43. The molecule has 1 aliphatic heterocycles. The predicted octanol–water partition coefficient (Wildman–Crippen LogP) is 4.17. The first-order valence-corrected chi connectivity index (χ1v) is 10.7. The van der Waals surface area contributed by atoms with E-state index < -0.39 is 0 Å². The van der Waals surface area contributed by atoms with Gasteiger partial charge in [-0.3, -0.25) is 9.69 Å². The zero-order chi connectivity index (χ0) is 20.9. The van der Waals surface area contributed by atoms with Gasteiger partial charge in [0.05, 0.1) is 6.54 Å². The number of piperazine rings is 1. The molecule has 0 saturated carbocycles. The van der Waals surface area contributed by atoms with Crippen LogP contribution in [0.25, 0.3) is 17.5 Å². The number of aromatic nitrogens is 2. The smallest absolute Gasteiger partial charge is 0.246 e. The molecule has 1 aliphatic rings. The van der Waals surface area contributed by atoms with Crippen molar-refractivity contribution in [1.82, 2.24) is 19.9 Å². The van der Waals surface area contributed by atoms with Gasteiger partial charge in [0, 0.05) is 42.3 Å². The van der Waals surface area contributed by atoms with Crippen LogP contribution in [0.2, 0.25) is 0 Å². The Hall–Kier alpha value is -2.77. The maximum Gasteiger partial charge on any atom is 0.246 e. The third-order valence-corrected chi connectivity index (χ3v) is 5.93. The molecule has 7 heteroatoms. The van der Waals surface area contributed by atoms with Crippen molar-refractivity contribution >= 4 is 27.9 Å². The Bertz CT molecular complexity index is 1050. The quantitative estimate of drug-likeness (QED) is 0.528. The summed E-state index contributed by atoms with van der Waals surface area (Å²) in [5.74, 6) is 1.25. The number of benzene rings is 2. The predicted molar refractivity (Wildman–Crippen MR) is 120 cm³/mol. The summed E-state index contributed by atoms with van der Waals surface area (Å²) in [7, 11) is 0. The zero-order valence-electron chi connectivity index (χ0n) is 16.8. The normalized spacial score (nSPS) is 15.1. The second kappa shape index (κ2) is 9.36. The zero-order valence-corrected chi connectivity index (χ0v) is 18.4. The van der Waals surface area contributed by atoms with E-state index in [0.717, 1.165) is 34.3 Å². The number of carbonyl (C=O) groups excluding carboxylic acids is 1. The minimum absolute atomic E-state index is 0.0324. The average molecular weight is 467 g/mol. The number of nitrogens with zero attached hydrogens (tertiary/aromatic N) is 4. The molecule has 4 rings (SSSR count). The monoisotopic (exact) mass is 466 g/mol. The summed E-state index contributed by atoms with van der Waals surface area (Å²) >= 11 is 3.50. The molecule has 0 radical (unpaired) electrons. The van der Waals surface area contributed by atoms with Crippen molar-refractivity contribution in [2.45, 2.75) is 13.5 Å². The fourth-order valence-electron chi connectivity index (χ4n) is 3.45. The van der Waals surface area contributed by atoms with Crippen molar-refractivity contribution in [3.8, 4) is 11.4 Å². The molecular formula is C23H23BrN4O2. The molecule has 30 heavy (non-hydrogen) atoms. The van der Waals surface area contributed by atoms with Crippen LogP contribution in [-0.4, -0.2) is 52.0 Å². The largest absolute Gasteiger partial charge is 0.338 e. The molecule has 0 bridgehead atoms. The molecule has 6 nitrogen and oxygen atoms in total. The first-order chi connectivity index (χ1) is 14.6. The van der Waals surface area contributed by atoms with E-state index in [1.165, 1.54) is 0 Å². The van der Waals surface area contributed by atoms with Gasteiger partial charge in [0.25, 0.3) is 0 Å². The summed E-state index contributed by atoms with van der Waals surface area (Å²) in [6.07, 6.45) is 3.49. The summed E-state index contributed by atoms with van der Waals surface area (Å²) in [5, 5.41) is 4.13. The highest BCUT2D eigenvalue weighted by molar-refractivity contribution is 9.10. The lowest BCUT2D eigenvalue weighted by Gasteiger charge is -2.33. The van der Waals surface area contributed by atoms with E-state index in [1.807, 2.05) is 66.4 Å². The van der Waals surface area contributed by atoms with Crippen LogP contribution < -0.4 is 0 Å². The van der Waals surface area contributed by atoms with Gasteiger partial charge in [0.15, 0.2) is 0 Å². The van der Waals surface area contributed by atoms with Crippen molar-refractivity contribution in [3.63, 3.8) is 0 Å². The molecule has 3 aromatic rings. The highest BCUT2D eigenvalue weighted by Crippen LogP contribution is 2.21. The molecular weight excluding hydrogens is 444 g/mol. The first kappa shape index (κ1) is 20.5. The fraction of sp³-hybridized carbons (Fsp3) is 0.261. The number of amides is 1. The highest BCUT2D eigenvalue weighted by atomic mass is 79.9. The third kappa shape index (κ3) is 4.86. The molecule has 1 aromatic heterocycles.